The Kier molecular flexibility index (Phi) is 6.31. The van der Waals surface area contributed by atoms with Crippen LogP contribution < -0.4 is 10.6 Å². The van der Waals surface area contributed by atoms with E-state index in [1.54, 1.807) is 7.11 Å². The lowest BCUT2D eigenvalue weighted by Crippen LogP contribution is -2.39. The van der Waals surface area contributed by atoms with Crippen molar-refractivity contribution in [2.45, 2.75) is 26.8 Å². The normalized spacial score (nSPS) is 12.1. The van der Waals surface area contributed by atoms with Crippen LogP contribution >= 0.6 is 15.9 Å². The van der Waals surface area contributed by atoms with Crippen molar-refractivity contribution in [2.75, 3.05) is 25.6 Å². The lowest BCUT2D eigenvalue weighted by atomic mass is 10.1. The van der Waals surface area contributed by atoms with Crippen LogP contribution in [0.25, 0.3) is 0 Å². The van der Waals surface area contributed by atoms with E-state index in [1.807, 2.05) is 32.9 Å². The SMILES string of the molecule is COCCNC(=O)C(C)Nc1c(C)cc(Br)cc1C. The largest absolute Gasteiger partial charge is 0.383 e. The highest BCUT2D eigenvalue weighted by atomic mass is 79.9. The predicted molar refractivity (Wildman–Crippen MR) is 81.6 cm³/mol. The predicted octanol–water partition coefficient (Wildman–Crippen LogP) is 2.63. The minimum Gasteiger partial charge on any atom is -0.383 e. The number of carbonyl (C=O) groups excluding carboxylic acids is 1. The molecule has 0 bridgehead atoms. The maximum Gasteiger partial charge on any atom is 0.242 e. The first-order valence-corrected chi connectivity index (χ1v) is 7.05. The van der Waals surface area contributed by atoms with E-state index in [9.17, 15) is 4.79 Å². The van der Waals surface area contributed by atoms with Gasteiger partial charge in [0.05, 0.1) is 6.61 Å². The van der Waals surface area contributed by atoms with Gasteiger partial charge in [0, 0.05) is 23.8 Å². The van der Waals surface area contributed by atoms with Crippen LogP contribution in [0.5, 0.6) is 0 Å². The lowest BCUT2D eigenvalue weighted by molar-refractivity contribution is -0.121. The maximum atomic E-state index is 11.9. The van der Waals surface area contributed by atoms with Crippen LogP contribution in [0.1, 0.15) is 18.1 Å². The summed E-state index contributed by atoms with van der Waals surface area (Å²) in [6.07, 6.45) is 0. The topological polar surface area (TPSA) is 50.4 Å². The highest BCUT2D eigenvalue weighted by molar-refractivity contribution is 9.10. The fourth-order valence-corrected chi connectivity index (χ4v) is 2.54. The number of anilines is 1. The number of ether oxygens (including phenoxy) is 1. The molecule has 1 unspecified atom stereocenters. The first kappa shape index (κ1) is 16.0. The summed E-state index contributed by atoms with van der Waals surface area (Å²) in [5.74, 6) is -0.0289. The van der Waals surface area contributed by atoms with Gasteiger partial charge in [-0.3, -0.25) is 4.79 Å². The molecular formula is C14H21BrN2O2. The van der Waals surface area contributed by atoms with Crippen LogP contribution in [0.3, 0.4) is 0 Å². The van der Waals surface area contributed by atoms with Gasteiger partial charge >= 0.3 is 0 Å². The molecule has 0 aliphatic rings. The molecule has 0 heterocycles. The summed E-state index contributed by atoms with van der Waals surface area (Å²) in [7, 11) is 1.61. The fraction of sp³-hybridized carbons (Fsp3) is 0.500. The Labute approximate surface area is 123 Å². The van der Waals surface area contributed by atoms with Crippen LogP contribution in [-0.4, -0.2) is 32.2 Å². The first-order valence-electron chi connectivity index (χ1n) is 6.25. The van der Waals surface area contributed by atoms with Gasteiger partial charge in [-0.15, -0.1) is 0 Å². The molecule has 1 aromatic rings. The Morgan fingerprint density at radius 2 is 1.95 bits per heavy atom. The average molecular weight is 329 g/mol. The molecule has 0 aromatic heterocycles. The fourth-order valence-electron chi connectivity index (χ4n) is 1.85. The van der Waals surface area contributed by atoms with Gasteiger partial charge in [0.1, 0.15) is 6.04 Å². The zero-order valence-electron chi connectivity index (χ0n) is 11.8. The molecule has 1 rings (SSSR count). The summed E-state index contributed by atoms with van der Waals surface area (Å²) in [4.78, 5) is 11.9. The van der Waals surface area contributed by atoms with Crippen LogP contribution in [-0.2, 0) is 9.53 Å². The second-order valence-corrected chi connectivity index (χ2v) is 5.48. The highest BCUT2D eigenvalue weighted by Gasteiger charge is 2.14. The van der Waals surface area contributed by atoms with Crippen molar-refractivity contribution in [1.29, 1.82) is 0 Å². The molecule has 5 heteroatoms. The summed E-state index contributed by atoms with van der Waals surface area (Å²) < 4.78 is 5.95. The Morgan fingerprint density at radius 1 is 1.37 bits per heavy atom. The number of carbonyl (C=O) groups is 1. The van der Waals surface area contributed by atoms with Gasteiger partial charge in [0.25, 0.3) is 0 Å². The summed E-state index contributed by atoms with van der Waals surface area (Å²) in [6, 6.07) is 3.78. The Hall–Kier alpha value is -1.07. The third-order valence-electron chi connectivity index (χ3n) is 2.86. The molecule has 4 nitrogen and oxygen atoms in total. The zero-order chi connectivity index (χ0) is 14.4. The van der Waals surface area contributed by atoms with Crippen LogP contribution in [0.4, 0.5) is 5.69 Å². The third kappa shape index (κ3) is 4.84. The van der Waals surface area contributed by atoms with Crippen LogP contribution in [0, 0.1) is 13.8 Å². The number of halogens is 1. The van der Waals surface area contributed by atoms with Gasteiger partial charge in [-0.1, -0.05) is 15.9 Å². The molecule has 1 amide bonds. The van der Waals surface area contributed by atoms with E-state index in [2.05, 4.69) is 26.6 Å². The van der Waals surface area contributed by atoms with Crippen molar-refractivity contribution in [3.05, 3.63) is 27.7 Å². The summed E-state index contributed by atoms with van der Waals surface area (Å²) >= 11 is 3.46. The molecule has 1 aromatic carbocycles. The molecular weight excluding hydrogens is 308 g/mol. The molecule has 0 saturated heterocycles. The molecule has 0 fully saturated rings. The lowest BCUT2D eigenvalue weighted by Gasteiger charge is -2.19. The Morgan fingerprint density at radius 3 is 2.47 bits per heavy atom. The van der Waals surface area contributed by atoms with Gasteiger partial charge in [-0.2, -0.15) is 0 Å². The van der Waals surface area contributed by atoms with E-state index in [0.29, 0.717) is 13.2 Å². The molecule has 1 atom stereocenters. The maximum absolute atomic E-state index is 11.9. The smallest absolute Gasteiger partial charge is 0.242 e. The summed E-state index contributed by atoms with van der Waals surface area (Å²) in [5, 5.41) is 6.08. The Balaban J connectivity index is 2.66. The quantitative estimate of drug-likeness (QED) is 0.789. The minimum absolute atomic E-state index is 0.0289. The van der Waals surface area contributed by atoms with E-state index in [0.717, 1.165) is 21.3 Å². The molecule has 0 saturated carbocycles. The van der Waals surface area contributed by atoms with Crippen LogP contribution in [0.15, 0.2) is 16.6 Å². The number of hydrogen-bond donors (Lipinski definition) is 2. The highest BCUT2D eigenvalue weighted by Crippen LogP contribution is 2.25. The monoisotopic (exact) mass is 328 g/mol. The average Bonchev–Trinajstić information content (AvgIpc) is 2.33. The molecule has 2 N–H and O–H groups in total. The number of benzene rings is 1. The van der Waals surface area contributed by atoms with E-state index in [4.69, 9.17) is 4.74 Å². The van der Waals surface area contributed by atoms with Crippen molar-refractivity contribution < 1.29 is 9.53 Å². The van der Waals surface area contributed by atoms with Crippen LogP contribution in [0.2, 0.25) is 0 Å². The molecule has 106 valence electrons. The molecule has 0 aliphatic carbocycles. The van der Waals surface area contributed by atoms with E-state index < -0.39 is 0 Å². The van der Waals surface area contributed by atoms with Crippen molar-refractivity contribution in [3.8, 4) is 0 Å². The standard InChI is InChI=1S/C14H21BrN2O2/c1-9-7-12(15)8-10(2)13(9)17-11(3)14(18)16-5-6-19-4/h7-8,11,17H,5-6H2,1-4H3,(H,16,18). The molecule has 0 radical (unpaired) electrons. The number of nitrogens with one attached hydrogen (secondary N) is 2. The number of hydrogen-bond acceptors (Lipinski definition) is 3. The molecule has 0 spiro atoms. The molecule has 19 heavy (non-hydrogen) atoms. The first-order chi connectivity index (χ1) is 8.95. The number of amides is 1. The van der Waals surface area contributed by atoms with Gasteiger partial charge in [-0.25, -0.2) is 0 Å². The van der Waals surface area contributed by atoms with E-state index in [1.165, 1.54) is 0 Å². The zero-order valence-corrected chi connectivity index (χ0v) is 13.4. The summed E-state index contributed by atoms with van der Waals surface area (Å²) in [6.45, 7) is 6.95. The van der Waals surface area contributed by atoms with Gasteiger partial charge in [0.15, 0.2) is 0 Å². The number of rotatable bonds is 6. The molecule has 0 aliphatic heterocycles. The third-order valence-corrected chi connectivity index (χ3v) is 3.31. The van der Waals surface area contributed by atoms with E-state index >= 15 is 0 Å². The summed E-state index contributed by atoms with van der Waals surface area (Å²) in [5.41, 5.74) is 3.24. The van der Waals surface area contributed by atoms with Crippen molar-refractivity contribution >= 4 is 27.5 Å². The minimum atomic E-state index is -0.282. The second-order valence-electron chi connectivity index (χ2n) is 4.56. The number of aryl methyl sites for hydroxylation is 2. The van der Waals surface area contributed by atoms with Crippen molar-refractivity contribution in [1.82, 2.24) is 5.32 Å². The number of methoxy groups -OCH3 is 1. The van der Waals surface area contributed by atoms with Gasteiger partial charge in [-0.05, 0) is 44.0 Å². The van der Waals surface area contributed by atoms with E-state index in [-0.39, 0.29) is 11.9 Å². The van der Waals surface area contributed by atoms with Gasteiger partial charge in [0.2, 0.25) is 5.91 Å². The second kappa shape index (κ2) is 7.50. The van der Waals surface area contributed by atoms with Crippen molar-refractivity contribution in [2.24, 2.45) is 0 Å². The Bertz CT molecular complexity index is 426. The van der Waals surface area contributed by atoms with Gasteiger partial charge < -0.3 is 15.4 Å². The van der Waals surface area contributed by atoms with Crippen molar-refractivity contribution in [3.63, 3.8) is 0 Å².